The predicted molar refractivity (Wildman–Crippen MR) is 99.1 cm³/mol. The van der Waals surface area contributed by atoms with Gasteiger partial charge in [-0.15, -0.1) is 5.10 Å². The Kier molecular flexibility index (Phi) is 3.57. The molecule has 10 nitrogen and oxygen atoms in total. The average molecular weight is 393 g/mol. The van der Waals surface area contributed by atoms with E-state index >= 15 is 0 Å². The van der Waals surface area contributed by atoms with Crippen LogP contribution in [0.5, 0.6) is 11.5 Å². The van der Waals surface area contributed by atoms with Crippen LogP contribution in [0.1, 0.15) is 12.5 Å². The lowest BCUT2D eigenvalue weighted by molar-refractivity contribution is -0.132. The Morgan fingerprint density at radius 1 is 1.10 bits per heavy atom. The fourth-order valence-electron chi connectivity index (χ4n) is 3.48. The van der Waals surface area contributed by atoms with Crippen LogP contribution in [0.3, 0.4) is 0 Å². The number of carbonyl (C=O) groups excluding carboxylic acids is 2. The Labute approximate surface area is 163 Å². The quantitative estimate of drug-likeness (QED) is 0.659. The van der Waals surface area contributed by atoms with Crippen LogP contribution in [0.2, 0.25) is 0 Å². The molecule has 2 aromatic carbocycles. The number of fused-ring (bicyclic) bond motifs is 2. The van der Waals surface area contributed by atoms with Gasteiger partial charge < -0.3 is 14.8 Å². The summed E-state index contributed by atoms with van der Waals surface area (Å²) >= 11 is 0. The van der Waals surface area contributed by atoms with Crippen molar-refractivity contribution in [2.45, 2.75) is 19.1 Å². The second kappa shape index (κ2) is 6.03. The minimum absolute atomic E-state index is 0.103. The zero-order valence-corrected chi connectivity index (χ0v) is 15.3. The van der Waals surface area contributed by atoms with E-state index in [4.69, 9.17) is 9.47 Å². The van der Waals surface area contributed by atoms with Gasteiger partial charge in [0.05, 0.1) is 5.39 Å². The standard InChI is InChI=1S/C19H15N5O5/c1-19(11-6-7-14-15(8-11)29-10-28-14)17(26)23(18(27)20-19)9-24-16(25)12-4-2-3-5-13(12)21-22-24/h2-8H,9-10H2,1H3,(H,20,27)/t19-/m1/s1. The highest BCUT2D eigenvalue weighted by atomic mass is 16.7. The molecule has 5 rings (SSSR count). The highest BCUT2D eigenvalue weighted by Gasteiger charge is 2.49. The van der Waals surface area contributed by atoms with Crippen LogP contribution >= 0.6 is 0 Å². The van der Waals surface area contributed by atoms with Crippen LogP contribution in [0.15, 0.2) is 47.3 Å². The molecule has 0 bridgehead atoms. The third-order valence-electron chi connectivity index (χ3n) is 5.13. The largest absolute Gasteiger partial charge is 0.454 e. The van der Waals surface area contributed by atoms with Crippen molar-refractivity contribution < 1.29 is 19.1 Å². The molecule has 3 amide bonds. The molecule has 3 aromatic rings. The van der Waals surface area contributed by atoms with Crippen molar-refractivity contribution in [3.63, 3.8) is 0 Å². The van der Waals surface area contributed by atoms with E-state index in [1.165, 1.54) is 0 Å². The van der Waals surface area contributed by atoms with Crippen LogP contribution in [-0.2, 0) is 17.0 Å². The zero-order chi connectivity index (χ0) is 20.2. The molecule has 10 heteroatoms. The van der Waals surface area contributed by atoms with E-state index in [0.29, 0.717) is 28.0 Å². The number of benzene rings is 2. The van der Waals surface area contributed by atoms with Gasteiger partial charge in [-0.2, -0.15) is 4.68 Å². The molecule has 29 heavy (non-hydrogen) atoms. The Morgan fingerprint density at radius 2 is 1.90 bits per heavy atom. The molecular weight excluding hydrogens is 378 g/mol. The fourth-order valence-corrected chi connectivity index (χ4v) is 3.48. The van der Waals surface area contributed by atoms with Gasteiger partial charge in [0.25, 0.3) is 11.5 Å². The van der Waals surface area contributed by atoms with Gasteiger partial charge in [0.15, 0.2) is 11.5 Å². The molecule has 0 aliphatic carbocycles. The SMILES string of the molecule is C[C@]1(c2ccc3c(c2)OCO3)NC(=O)N(Cn2nnc3ccccc3c2=O)C1=O. The van der Waals surface area contributed by atoms with Crippen molar-refractivity contribution in [3.8, 4) is 11.5 Å². The Hall–Kier alpha value is -3.95. The van der Waals surface area contributed by atoms with E-state index in [1.54, 1.807) is 49.4 Å². The van der Waals surface area contributed by atoms with Gasteiger partial charge in [0.2, 0.25) is 6.79 Å². The fraction of sp³-hybridized carbons (Fsp3) is 0.211. The maximum atomic E-state index is 13.1. The zero-order valence-electron chi connectivity index (χ0n) is 15.3. The van der Waals surface area contributed by atoms with Gasteiger partial charge in [0.1, 0.15) is 17.7 Å². The molecule has 0 saturated carbocycles. The van der Waals surface area contributed by atoms with Crippen LogP contribution in [0.4, 0.5) is 4.79 Å². The molecule has 0 unspecified atom stereocenters. The molecule has 1 aromatic heterocycles. The van der Waals surface area contributed by atoms with Crippen LogP contribution in [-0.4, -0.2) is 38.6 Å². The second-order valence-corrected chi connectivity index (χ2v) is 6.91. The Morgan fingerprint density at radius 3 is 2.76 bits per heavy atom. The smallest absolute Gasteiger partial charge is 0.326 e. The number of urea groups is 1. The van der Waals surface area contributed by atoms with Crippen molar-refractivity contribution in [1.29, 1.82) is 0 Å². The molecule has 1 fully saturated rings. The van der Waals surface area contributed by atoms with Crippen LogP contribution < -0.4 is 20.3 Å². The van der Waals surface area contributed by atoms with E-state index in [2.05, 4.69) is 15.6 Å². The first kappa shape index (κ1) is 17.2. The number of nitrogens with one attached hydrogen (secondary N) is 1. The first-order valence-electron chi connectivity index (χ1n) is 8.84. The van der Waals surface area contributed by atoms with Crippen molar-refractivity contribution in [3.05, 3.63) is 58.4 Å². The van der Waals surface area contributed by atoms with Gasteiger partial charge in [-0.05, 0) is 36.8 Å². The summed E-state index contributed by atoms with van der Waals surface area (Å²) in [5, 5.41) is 10.9. The number of hydrogen-bond acceptors (Lipinski definition) is 7. The van der Waals surface area contributed by atoms with Gasteiger partial charge in [-0.1, -0.05) is 23.4 Å². The van der Waals surface area contributed by atoms with E-state index in [-0.39, 0.29) is 13.5 Å². The summed E-state index contributed by atoms with van der Waals surface area (Å²) in [6.07, 6.45) is 0. The van der Waals surface area contributed by atoms with E-state index in [1.807, 2.05) is 0 Å². The lowest BCUT2D eigenvalue weighted by Crippen LogP contribution is -2.42. The van der Waals surface area contributed by atoms with Crippen molar-refractivity contribution in [1.82, 2.24) is 25.2 Å². The summed E-state index contributed by atoms with van der Waals surface area (Å²) < 4.78 is 11.6. The minimum Gasteiger partial charge on any atom is -0.454 e. The molecular formula is C19H15N5O5. The van der Waals surface area contributed by atoms with E-state index < -0.39 is 23.0 Å². The molecule has 2 aliphatic heterocycles. The van der Waals surface area contributed by atoms with E-state index in [0.717, 1.165) is 9.58 Å². The number of rotatable bonds is 3. The summed E-state index contributed by atoms with van der Waals surface area (Å²) in [6, 6.07) is 11.1. The van der Waals surface area contributed by atoms with Gasteiger partial charge >= 0.3 is 6.03 Å². The number of ether oxygens (including phenoxy) is 2. The molecule has 0 radical (unpaired) electrons. The van der Waals surface area contributed by atoms with Crippen molar-refractivity contribution in [2.24, 2.45) is 0 Å². The lowest BCUT2D eigenvalue weighted by Gasteiger charge is -2.22. The molecule has 0 spiro atoms. The van der Waals surface area contributed by atoms with Crippen LogP contribution in [0, 0.1) is 0 Å². The van der Waals surface area contributed by atoms with Gasteiger partial charge in [0, 0.05) is 0 Å². The monoisotopic (exact) mass is 393 g/mol. The highest BCUT2D eigenvalue weighted by molar-refractivity contribution is 6.07. The number of carbonyl (C=O) groups is 2. The summed E-state index contributed by atoms with van der Waals surface area (Å²) in [4.78, 5) is 39.3. The van der Waals surface area contributed by atoms with Crippen molar-refractivity contribution in [2.75, 3.05) is 6.79 Å². The lowest BCUT2D eigenvalue weighted by atomic mass is 9.92. The molecule has 1 atom stereocenters. The van der Waals surface area contributed by atoms with Gasteiger partial charge in [-0.25, -0.2) is 9.69 Å². The van der Waals surface area contributed by atoms with E-state index in [9.17, 15) is 14.4 Å². The molecule has 2 aliphatic rings. The minimum atomic E-state index is -1.31. The molecule has 3 heterocycles. The maximum absolute atomic E-state index is 13.1. The summed E-state index contributed by atoms with van der Waals surface area (Å²) in [5.41, 5.74) is -0.769. The molecule has 1 N–H and O–H groups in total. The number of hydrogen-bond donors (Lipinski definition) is 1. The normalized spacial score (nSPS) is 20.4. The van der Waals surface area contributed by atoms with Crippen LogP contribution in [0.25, 0.3) is 10.9 Å². The number of imide groups is 1. The third-order valence-corrected chi connectivity index (χ3v) is 5.13. The third kappa shape index (κ3) is 2.53. The topological polar surface area (TPSA) is 116 Å². The Bertz CT molecular complexity index is 1240. The van der Waals surface area contributed by atoms with Gasteiger partial charge in [-0.3, -0.25) is 9.59 Å². The number of aromatic nitrogens is 3. The first-order valence-corrected chi connectivity index (χ1v) is 8.84. The summed E-state index contributed by atoms with van der Waals surface area (Å²) in [5.74, 6) is 0.563. The average Bonchev–Trinajstić information content (AvgIpc) is 3.28. The van der Waals surface area contributed by atoms with Crippen molar-refractivity contribution >= 4 is 22.8 Å². The summed E-state index contributed by atoms with van der Waals surface area (Å²) in [6.45, 7) is 1.35. The predicted octanol–water partition coefficient (Wildman–Crippen LogP) is 0.945. The number of nitrogens with zero attached hydrogens (tertiary/aromatic N) is 4. The second-order valence-electron chi connectivity index (χ2n) is 6.91. The summed E-state index contributed by atoms with van der Waals surface area (Å²) in [7, 11) is 0. The maximum Gasteiger partial charge on any atom is 0.326 e. The Balaban J connectivity index is 1.48. The molecule has 146 valence electrons. The highest BCUT2D eigenvalue weighted by Crippen LogP contribution is 2.37. The number of amides is 3. The first-order chi connectivity index (χ1) is 14.0. The molecule has 1 saturated heterocycles.